The summed E-state index contributed by atoms with van der Waals surface area (Å²) in [6, 6.07) is 6.87. The van der Waals surface area contributed by atoms with Gasteiger partial charge in [0.05, 0.1) is 0 Å². The van der Waals surface area contributed by atoms with Crippen molar-refractivity contribution in [3.8, 4) is 0 Å². The van der Waals surface area contributed by atoms with Crippen LogP contribution in [-0.4, -0.2) is 25.5 Å². The van der Waals surface area contributed by atoms with Crippen molar-refractivity contribution in [1.29, 1.82) is 0 Å². The predicted octanol–water partition coefficient (Wildman–Crippen LogP) is 4.62. The molecule has 0 amide bonds. The molecule has 4 unspecified atom stereocenters. The highest BCUT2D eigenvalue weighted by Gasteiger charge is 2.44. The molecule has 1 fully saturated rings. The fraction of sp³-hybridized carbons (Fsp3) is 0.409. The van der Waals surface area contributed by atoms with Gasteiger partial charge in [-0.2, -0.15) is 0 Å². The van der Waals surface area contributed by atoms with Gasteiger partial charge in [0.15, 0.2) is 0 Å². The summed E-state index contributed by atoms with van der Waals surface area (Å²) in [6.45, 7) is 0. The molecule has 2 N–H and O–H groups in total. The molecule has 0 aromatic heterocycles. The van der Waals surface area contributed by atoms with Gasteiger partial charge in [0.1, 0.15) is 0 Å². The number of sulfonamides is 1. The highest BCUT2D eigenvalue weighted by Crippen LogP contribution is 2.45. The molecule has 2 bridgehead atoms. The fourth-order valence-corrected chi connectivity index (χ4v) is 5.40. The Labute approximate surface area is 177 Å². The molecule has 7 heteroatoms. The summed E-state index contributed by atoms with van der Waals surface area (Å²) < 4.78 is 28.1. The Bertz CT molecular complexity index is 905. The SMILES string of the molecule is O=C(O)CCCC=CCC1C2C=CC(C2)C1NS(=O)(=O)C=Cc1ccc(Cl)cc1. The normalized spacial score (nSPS) is 26.1. The fourth-order valence-electron chi connectivity index (χ4n) is 4.13. The molecular weight excluding hydrogens is 410 g/mol. The lowest BCUT2D eigenvalue weighted by Crippen LogP contribution is -2.41. The quantitative estimate of drug-likeness (QED) is 0.415. The first-order chi connectivity index (χ1) is 13.8. The lowest BCUT2D eigenvalue weighted by molar-refractivity contribution is -0.137. The maximum absolute atomic E-state index is 12.6. The average molecular weight is 436 g/mol. The first-order valence-electron chi connectivity index (χ1n) is 9.85. The molecule has 29 heavy (non-hydrogen) atoms. The summed E-state index contributed by atoms with van der Waals surface area (Å²) >= 11 is 5.86. The number of carboxylic acid groups (broad SMARTS) is 1. The van der Waals surface area contributed by atoms with Gasteiger partial charge in [0.2, 0.25) is 10.0 Å². The molecule has 0 aliphatic heterocycles. The number of carbonyl (C=O) groups is 1. The molecule has 4 atom stereocenters. The van der Waals surface area contributed by atoms with Crippen molar-refractivity contribution in [1.82, 2.24) is 4.72 Å². The van der Waals surface area contributed by atoms with E-state index < -0.39 is 16.0 Å². The van der Waals surface area contributed by atoms with E-state index in [9.17, 15) is 13.2 Å². The van der Waals surface area contributed by atoms with Gasteiger partial charge in [-0.1, -0.05) is 48.0 Å². The second kappa shape index (κ2) is 9.74. The first-order valence-corrected chi connectivity index (χ1v) is 11.8. The van der Waals surface area contributed by atoms with E-state index >= 15 is 0 Å². The Kier molecular flexibility index (Phi) is 7.33. The zero-order chi connectivity index (χ0) is 20.9. The Hall–Kier alpha value is -1.89. The van der Waals surface area contributed by atoms with Gasteiger partial charge in [0.25, 0.3) is 0 Å². The molecule has 0 heterocycles. The van der Waals surface area contributed by atoms with Crippen molar-refractivity contribution < 1.29 is 18.3 Å². The van der Waals surface area contributed by atoms with Gasteiger partial charge >= 0.3 is 5.97 Å². The lowest BCUT2D eigenvalue weighted by atomic mass is 9.86. The number of fused-ring (bicyclic) bond motifs is 2. The second-order valence-electron chi connectivity index (χ2n) is 7.65. The van der Waals surface area contributed by atoms with Gasteiger partial charge in [0, 0.05) is 22.9 Å². The van der Waals surface area contributed by atoms with E-state index in [0.29, 0.717) is 17.4 Å². The minimum Gasteiger partial charge on any atom is -0.481 e. The summed E-state index contributed by atoms with van der Waals surface area (Å²) in [6.07, 6.45) is 13.2. The Morgan fingerprint density at radius 3 is 2.62 bits per heavy atom. The van der Waals surface area contributed by atoms with E-state index in [1.54, 1.807) is 30.3 Å². The highest BCUT2D eigenvalue weighted by atomic mass is 35.5. The minimum atomic E-state index is -3.56. The summed E-state index contributed by atoms with van der Waals surface area (Å²) in [7, 11) is -3.56. The smallest absolute Gasteiger partial charge is 0.303 e. The third-order valence-electron chi connectivity index (χ3n) is 5.57. The standard InChI is InChI=1S/C22H26ClNO4S/c23-19-11-7-16(8-12-19)13-14-29(27,28)24-22-18-10-9-17(15-18)20(22)5-3-1-2-4-6-21(25)26/h1,3,7-14,17-18,20,22,24H,2,4-6,15H2,(H,25,26). The molecule has 2 aliphatic rings. The zero-order valence-electron chi connectivity index (χ0n) is 16.1. The Balaban J connectivity index is 1.58. The number of halogens is 1. The molecule has 1 saturated carbocycles. The zero-order valence-corrected chi connectivity index (χ0v) is 17.6. The first kappa shape index (κ1) is 21.8. The van der Waals surface area contributed by atoms with Crippen LogP contribution in [0.2, 0.25) is 5.02 Å². The molecule has 5 nitrogen and oxygen atoms in total. The van der Waals surface area contributed by atoms with Crippen molar-refractivity contribution in [3.63, 3.8) is 0 Å². The van der Waals surface area contributed by atoms with E-state index in [0.717, 1.165) is 24.8 Å². The van der Waals surface area contributed by atoms with E-state index in [4.69, 9.17) is 16.7 Å². The van der Waals surface area contributed by atoms with E-state index in [1.807, 2.05) is 6.08 Å². The molecule has 0 radical (unpaired) electrons. The van der Waals surface area contributed by atoms with Crippen molar-refractivity contribution in [2.75, 3.05) is 0 Å². The summed E-state index contributed by atoms with van der Waals surface area (Å²) in [5.41, 5.74) is 0.772. The van der Waals surface area contributed by atoms with Crippen LogP contribution in [0.3, 0.4) is 0 Å². The van der Waals surface area contributed by atoms with Crippen LogP contribution in [0.4, 0.5) is 0 Å². The van der Waals surface area contributed by atoms with Crippen LogP contribution in [0.15, 0.2) is 54.0 Å². The maximum atomic E-state index is 12.6. The minimum absolute atomic E-state index is 0.117. The predicted molar refractivity (Wildman–Crippen MR) is 116 cm³/mol. The van der Waals surface area contributed by atoms with E-state index in [2.05, 4.69) is 23.0 Å². The van der Waals surface area contributed by atoms with E-state index in [1.165, 1.54) is 5.41 Å². The number of benzene rings is 1. The van der Waals surface area contributed by atoms with Crippen molar-refractivity contribution in [2.24, 2.45) is 17.8 Å². The molecule has 0 saturated heterocycles. The Morgan fingerprint density at radius 2 is 1.90 bits per heavy atom. The van der Waals surface area contributed by atoms with Crippen molar-refractivity contribution >= 4 is 33.7 Å². The highest BCUT2D eigenvalue weighted by molar-refractivity contribution is 7.92. The van der Waals surface area contributed by atoms with Crippen molar-refractivity contribution in [2.45, 2.75) is 38.1 Å². The monoisotopic (exact) mass is 435 g/mol. The molecular formula is C22H26ClNO4S. The molecule has 156 valence electrons. The summed E-state index contributed by atoms with van der Waals surface area (Å²) in [5.74, 6) is 0.0536. The topological polar surface area (TPSA) is 83.5 Å². The number of carboxylic acids is 1. The van der Waals surface area contributed by atoms with Crippen LogP contribution in [0.1, 0.15) is 37.7 Å². The molecule has 3 rings (SSSR count). The van der Waals surface area contributed by atoms with E-state index in [-0.39, 0.29) is 24.3 Å². The van der Waals surface area contributed by atoms with Crippen molar-refractivity contribution in [3.05, 3.63) is 64.6 Å². The summed E-state index contributed by atoms with van der Waals surface area (Å²) in [5, 5.41) is 10.5. The van der Waals surface area contributed by atoms with Gasteiger partial charge < -0.3 is 5.11 Å². The maximum Gasteiger partial charge on any atom is 0.303 e. The van der Waals surface area contributed by atoms with Gasteiger partial charge in [-0.15, -0.1) is 0 Å². The van der Waals surface area contributed by atoms with Gasteiger partial charge in [-0.05, 0) is 67.2 Å². The van der Waals surface area contributed by atoms with Crippen LogP contribution in [0.25, 0.3) is 6.08 Å². The number of unbranched alkanes of at least 4 members (excludes halogenated alkanes) is 1. The van der Waals surface area contributed by atoms with Gasteiger partial charge in [-0.3, -0.25) is 4.79 Å². The van der Waals surface area contributed by atoms with Crippen LogP contribution in [0, 0.1) is 17.8 Å². The molecule has 1 aromatic carbocycles. The number of nitrogens with one attached hydrogen (secondary N) is 1. The number of hydrogen-bond acceptors (Lipinski definition) is 3. The van der Waals surface area contributed by atoms with Crippen LogP contribution >= 0.6 is 11.6 Å². The van der Waals surface area contributed by atoms with Crippen LogP contribution in [-0.2, 0) is 14.8 Å². The summed E-state index contributed by atoms with van der Waals surface area (Å²) in [4.78, 5) is 10.6. The lowest BCUT2D eigenvalue weighted by Gasteiger charge is -2.27. The third-order valence-corrected chi connectivity index (χ3v) is 6.92. The third kappa shape index (κ3) is 6.29. The Morgan fingerprint density at radius 1 is 1.17 bits per heavy atom. The van der Waals surface area contributed by atoms with Crippen LogP contribution < -0.4 is 4.72 Å². The second-order valence-corrected chi connectivity index (χ2v) is 9.68. The number of hydrogen-bond donors (Lipinski definition) is 2. The molecule has 2 aliphatic carbocycles. The largest absolute Gasteiger partial charge is 0.481 e. The van der Waals surface area contributed by atoms with Crippen LogP contribution in [0.5, 0.6) is 0 Å². The number of allylic oxidation sites excluding steroid dienone is 3. The number of rotatable bonds is 10. The number of aliphatic carboxylic acids is 1. The molecule has 1 aromatic rings. The molecule has 0 spiro atoms. The average Bonchev–Trinajstić information content (AvgIpc) is 3.26. The van der Waals surface area contributed by atoms with Gasteiger partial charge in [-0.25, -0.2) is 13.1 Å².